The topological polar surface area (TPSA) is 40.5 Å². The number of hydrogen-bond acceptors (Lipinski definition) is 2. The van der Waals surface area contributed by atoms with Crippen LogP contribution in [0.4, 0.5) is 0 Å². The van der Waals surface area contributed by atoms with E-state index >= 15 is 0 Å². The zero-order chi connectivity index (χ0) is 16.3. The van der Waals surface area contributed by atoms with Crippen LogP contribution in [-0.4, -0.2) is 10.2 Å². The SMILES string of the molecule is CC(C)C(c1cccc(O)c1)C(c1cccc(O)c1)C(C)C. The lowest BCUT2D eigenvalue weighted by molar-refractivity contribution is 0.345. The molecule has 0 saturated heterocycles. The van der Waals surface area contributed by atoms with Crippen molar-refractivity contribution < 1.29 is 10.2 Å². The summed E-state index contributed by atoms with van der Waals surface area (Å²) in [6.07, 6.45) is 0. The van der Waals surface area contributed by atoms with Gasteiger partial charge in [-0.15, -0.1) is 0 Å². The average molecular weight is 298 g/mol. The highest BCUT2D eigenvalue weighted by Crippen LogP contribution is 2.44. The molecule has 2 aromatic carbocycles. The summed E-state index contributed by atoms with van der Waals surface area (Å²) in [6, 6.07) is 15.1. The second-order valence-electron chi connectivity index (χ2n) is 6.73. The number of phenols is 2. The predicted octanol–water partition coefficient (Wildman–Crippen LogP) is 5.28. The summed E-state index contributed by atoms with van der Waals surface area (Å²) < 4.78 is 0. The lowest BCUT2D eigenvalue weighted by Gasteiger charge is -2.34. The molecule has 2 aromatic rings. The van der Waals surface area contributed by atoms with Crippen LogP contribution in [0.25, 0.3) is 0 Å². The first-order chi connectivity index (χ1) is 10.4. The molecular formula is C20H26O2. The summed E-state index contributed by atoms with van der Waals surface area (Å²) in [6.45, 7) is 8.86. The van der Waals surface area contributed by atoms with Gasteiger partial charge in [0.2, 0.25) is 0 Å². The first-order valence-corrected chi connectivity index (χ1v) is 7.98. The molecule has 2 unspecified atom stereocenters. The van der Waals surface area contributed by atoms with E-state index in [-0.39, 0.29) is 11.8 Å². The van der Waals surface area contributed by atoms with Crippen LogP contribution in [0.15, 0.2) is 48.5 Å². The summed E-state index contributed by atoms with van der Waals surface area (Å²) in [5.41, 5.74) is 2.30. The zero-order valence-corrected chi connectivity index (χ0v) is 13.8. The number of phenolic OH excluding ortho intramolecular Hbond substituents is 2. The van der Waals surface area contributed by atoms with E-state index < -0.39 is 0 Å². The summed E-state index contributed by atoms with van der Waals surface area (Å²) in [5.74, 6) is 2.04. The molecule has 0 bridgehead atoms. The minimum Gasteiger partial charge on any atom is -0.508 e. The van der Waals surface area contributed by atoms with E-state index in [4.69, 9.17) is 0 Å². The highest BCUT2D eigenvalue weighted by molar-refractivity contribution is 5.36. The van der Waals surface area contributed by atoms with E-state index in [1.54, 1.807) is 12.1 Å². The smallest absolute Gasteiger partial charge is 0.115 e. The van der Waals surface area contributed by atoms with Crippen LogP contribution in [0.1, 0.15) is 50.7 Å². The Labute approximate surface area is 133 Å². The van der Waals surface area contributed by atoms with Crippen molar-refractivity contribution >= 4 is 0 Å². The third-order valence-electron chi connectivity index (χ3n) is 4.33. The molecular weight excluding hydrogens is 272 g/mol. The molecule has 0 fully saturated rings. The van der Waals surface area contributed by atoms with Gasteiger partial charge in [0.25, 0.3) is 0 Å². The van der Waals surface area contributed by atoms with E-state index in [1.807, 2.05) is 24.3 Å². The molecule has 2 N–H and O–H groups in total. The maximum Gasteiger partial charge on any atom is 0.115 e. The van der Waals surface area contributed by atoms with Gasteiger partial charge in [-0.3, -0.25) is 0 Å². The molecule has 0 aliphatic heterocycles. The van der Waals surface area contributed by atoms with Gasteiger partial charge in [-0.2, -0.15) is 0 Å². The van der Waals surface area contributed by atoms with Crippen LogP contribution >= 0.6 is 0 Å². The number of benzene rings is 2. The van der Waals surface area contributed by atoms with Crippen molar-refractivity contribution in [1.82, 2.24) is 0 Å². The van der Waals surface area contributed by atoms with Gasteiger partial charge >= 0.3 is 0 Å². The zero-order valence-electron chi connectivity index (χ0n) is 13.8. The molecule has 0 aromatic heterocycles. The third-order valence-corrected chi connectivity index (χ3v) is 4.33. The average Bonchev–Trinajstić information content (AvgIpc) is 2.43. The molecule has 118 valence electrons. The molecule has 22 heavy (non-hydrogen) atoms. The van der Waals surface area contributed by atoms with Crippen molar-refractivity contribution in [1.29, 1.82) is 0 Å². The van der Waals surface area contributed by atoms with Gasteiger partial charge in [0.1, 0.15) is 11.5 Å². The standard InChI is InChI=1S/C20H26O2/c1-13(2)19(15-7-5-9-17(21)11-15)20(14(3)4)16-8-6-10-18(22)12-16/h5-14,19-22H,1-4H3. The van der Waals surface area contributed by atoms with Crippen molar-refractivity contribution in [3.8, 4) is 11.5 Å². The van der Waals surface area contributed by atoms with Crippen LogP contribution < -0.4 is 0 Å². The maximum atomic E-state index is 9.84. The van der Waals surface area contributed by atoms with Crippen LogP contribution in [-0.2, 0) is 0 Å². The fourth-order valence-corrected chi connectivity index (χ4v) is 3.48. The second kappa shape index (κ2) is 6.87. The van der Waals surface area contributed by atoms with Gasteiger partial charge in [0.15, 0.2) is 0 Å². The molecule has 0 radical (unpaired) electrons. The van der Waals surface area contributed by atoms with Crippen molar-refractivity contribution in [2.24, 2.45) is 11.8 Å². The number of hydrogen-bond donors (Lipinski definition) is 2. The Morgan fingerprint density at radius 3 is 1.27 bits per heavy atom. The Morgan fingerprint density at radius 2 is 1.00 bits per heavy atom. The molecule has 0 aliphatic carbocycles. The van der Waals surface area contributed by atoms with Crippen LogP contribution in [0.3, 0.4) is 0 Å². The molecule has 0 amide bonds. The largest absolute Gasteiger partial charge is 0.508 e. The van der Waals surface area contributed by atoms with Crippen molar-refractivity contribution in [2.45, 2.75) is 39.5 Å². The van der Waals surface area contributed by atoms with Gasteiger partial charge in [0.05, 0.1) is 0 Å². The van der Waals surface area contributed by atoms with Gasteiger partial charge in [-0.25, -0.2) is 0 Å². The van der Waals surface area contributed by atoms with Crippen molar-refractivity contribution in [2.75, 3.05) is 0 Å². The fraction of sp³-hybridized carbons (Fsp3) is 0.400. The Bertz CT molecular complexity index is 561. The molecule has 0 aliphatic rings. The summed E-state index contributed by atoms with van der Waals surface area (Å²) >= 11 is 0. The quantitative estimate of drug-likeness (QED) is 0.788. The van der Waals surface area contributed by atoms with E-state index in [1.165, 1.54) is 0 Å². The number of rotatable bonds is 5. The van der Waals surface area contributed by atoms with Crippen LogP contribution in [0, 0.1) is 11.8 Å². The third kappa shape index (κ3) is 3.62. The minimum absolute atomic E-state index is 0.286. The predicted molar refractivity (Wildman–Crippen MR) is 91.4 cm³/mol. The van der Waals surface area contributed by atoms with Crippen molar-refractivity contribution in [3.63, 3.8) is 0 Å². The fourth-order valence-electron chi connectivity index (χ4n) is 3.48. The van der Waals surface area contributed by atoms with Gasteiger partial charge in [0, 0.05) is 0 Å². The molecule has 0 heterocycles. The normalized spacial score (nSPS) is 14.3. The first kappa shape index (κ1) is 16.4. The van der Waals surface area contributed by atoms with Gasteiger partial charge in [-0.05, 0) is 59.1 Å². The van der Waals surface area contributed by atoms with E-state index in [0.29, 0.717) is 23.3 Å². The highest BCUT2D eigenvalue weighted by atomic mass is 16.3. The minimum atomic E-state index is 0.286. The Morgan fingerprint density at radius 1 is 0.636 bits per heavy atom. The molecule has 2 nitrogen and oxygen atoms in total. The van der Waals surface area contributed by atoms with Crippen LogP contribution in [0.2, 0.25) is 0 Å². The van der Waals surface area contributed by atoms with E-state index in [0.717, 1.165) is 11.1 Å². The lowest BCUT2D eigenvalue weighted by atomic mass is 9.70. The Balaban J connectivity index is 2.51. The van der Waals surface area contributed by atoms with Crippen molar-refractivity contribution in [3.05, 3.63) is 59.7 Å². The Hall–Kier alpha value is -1.96. The monoisotopic (exact) mass is 298 g/mol. The van der Waals surface area contributed by atoms with E-state index in [2.05, 4.69) is 39.8 Å². The molecule has 2 heteroatoms. The summed E-state index contributed by atoms with van der Waals surface area (Å²) in [7, 11) is 0. The summed E-state index contributed by atoms with van der Waals surface area (Å²) in [5, 5.41) is 19.7. The lowest BCUT2D eigenvalue weighted by Crippen LogP contribution is -2.21. The molecule has 0 saturated carbocycles. The number of aromatic hydroxyl groups is 2. The van der Waals surface area contributed by atoms with Gasteiger partial charge < -0.3 is 10.2 Å². The Kier molecular flexibility index (Phi) is 5.12. The second-order valence-corrected chi connectivity index (χ2v) is 6.73. The molecule has 2 rings (SSSR count). The summed E-state index contributed by atoms with van der Waals surface area (Å²) in [4.78, 5) is 0. The highest BCUT2D eigenvalue weighted by Gasteiger charge is 2.30. The maximum absolute atomic E-state index is 9.84. The van der Waals surface area contributed by atoms with Crippen LogP contribution in [0.5, 0.6) is 11.5 Å². The molecule has 0 spiro atoms. The first-order valence-electron chi connectivity index (χ1n) is 7.98. The van der Waals surface area contributed by atoms with E-state index in [9.17, 15) is 10.2 Å². The molecule has 2 atom stereocenters. The van der Waals surface area contributed by atoms with Gasteiger partial charge in [-0.1, -0.05) is 52.0 Å².